The first-order valence-corrected chi connectivity index (χ1v) is 5.92. The van der Waals surface area contributed by atoms with Crippen molar-refractivity contribution in [2.75, 3.05) is 0 Å². The molecule has 1 aromatic heterocycles. The van der Waals surface area contributed by atoms with Gasteiger partial charge in [-0.2, -0.15) is 5.10 Å². The minimum atomic E-state index is 0.593. The monoisotopic (exact) mass is 209 g/mol. The largest absolute Gasteiger partial charge is 0.309 e. The molecule has 15 heavy (non-hydrogen) atoms. The van der Waals surface area contributed by atoms with E-state index in [1.165, 1.54) is 24.2 Å². The summed E-state index contributed by atoms with van der Waals surface area (Å²) in [7, 11) is 2.01. The van der Waals surface area contributed by atoms with Crippen LogP contribution < -0.4 is 5.32 Å². The Morgan fingerprint density at radius 1 is 1.47 bits per heavy atom. The second-order valence-corrected chi connectivity index (χ2v) is 4.17. The molecule has 86 valence electrons. The van der Waals surface area contributed by atoms with Crippen LogP contribution in [-0.4, -0.2) is 15.8 Å². The van der Waals surface area contributed by atoms with Gasteiger partial charge in [0.2, 0.25) is 0 Å². The number of nitrogens with zero attached hydrogens (tertiary/aromatic N) is 2. The van der Waals surface area contributed by atoms with Crippen molar-refractivity contribution in [3.05, 3.63) is 17.5 Å². The molecule has 3 nitrogen and oxygen atoms in total. The average Bonchev–Trinajstić information content (AvgIpc) is 2.57. The van der Waals surface area contributed by atoms with E-state index in [9.17, 15) is 0 Å². The molecule has 1 rings (SSSR count). The molecule has 0 aliphatic carbocycles. The third-order valence-electron chi connectivity index (χ3n) is 2.74. The number of hydrogen-bond acceptors (Lipinski definition) is 2. The molecule has 0 spiro atoms. The van der Waals surface area contributed by atoms with Gasteiger partial charge in [0.1, 0.15) is 0 Å². The first kappa shape index (κ1) is 12.2. The average molecular weight is 209 g/mol. The topological polar surface area (TPSA) is 29.9 Å². The summed E-state index contributed by atoms with van der Waals surface area (Å²) < 4.78 is 1.98. The van der Waals surface area contributed by atoms with Crippen molar-refractivity contribution in [3.63, 3.8) is 0 Å². The lowest BCUT2D eigenvalue weighted by Gasteiger charge is -2.12. The molecular weight excluding hydrogens is 186 g/mol. The van der Waals surface area contributed by atoms with Gasteiger partial charge >= 0.3 is 0 Å². The summed E-state index contributed by atoms with van der Waals surface area (Å²) in [6.45, 7) is 7.52. The van der Waals surface area contributed by atoms with Crippen molar-refractivity contribution in [3.8, 4) is 0 Å². The lowest BCUT2D eigenvalue weighted by atomic mass is 10.2. The van der Waals surface area contributed by atoms with Crippen molar-refractivity contribution in [1.82, 2.24) is 15.1 Å². The fourth-order valence-electron chi connectivity index (χ4n) is 1.72. The molecule has 3 heteroatoms. The quantitative estimate of drug-likeness (QED) is 0.779. The van der Waals surface area contributed by atoms with Crippen molar-refractivity contribution in [2.45, 2.75) is 52.6 Å². The zero-order valence-corrected chi connectivity index (χ0v) is 10.4. The van der Waals surface area contributed by atoms with Crippen LogP contribution in [0.25, 0.3) is 0 Å². The van der Waals surface area contributed by atoms with Crippen molar-refractivity contribution < 1.29 is 0 Å². The Kier molecular flexibility index (Phi) is 4.82. The Morgan fingerprint density at radius 3 is 2.73 bits per heavy atom. The SMILES string of the molecule is CCCC(C)NCc1cc(CC)nn1C. The van der Waals surface area contributed by atoms with E-state index < -0.39 is 0 Å². The van der Waals surface area contributed by atoms with E-state index >= 15 is 0 Å². The summed E-state index contributed by atoms with van der Waals surface area (Å²) in [6.07, 6.45) is 3.48. The van der Waals surface area contributed by atoms with Crippen molar-refractivity contribution in [1.29, 1.82) is 0 Å². The number of nitrogens with one attached hydrogen (secondary N) is 1. The van der Waals surface area contributed by atoms with Gasteiger partial charge in [0.15, 0.2) is 0 Å². The second-order valence-electron chi connectivity index (χ2n) is 4.17. The van der Waals surface area contributed by atoms with Crippen LogP contribution in [0, 0.1) is 0 Å². The summed E-state index contributed by atoms with van der Waals surface area (Å²) in [4.78, 5) is 0. The minimum Gasteiger partial charge on any atom is -0.309 e. The number of rotatable bonds is 6. The Morgan fingerprint density at radius 2 is 2.20 bits per heavy atom. The highest BCUT2D eigenvalue weighted by atomic mass is 15.3. The van der Waals surface area contributed by atoms with E-state index in [2.05, 4.69) is 37.3 Å². The summed E-state index contributed by atoms with van der Waals surface area (Å²) in [5.41, 5.74) is 2.45. The Bertz CT molecular complexity index is 291. The van der Waals surface area contributed by atoms with Crippen LogP contribution in [-0.2, 0) is 20.0 Å². The Hall–Kier alpha value is -0.830. The highest BCUT2D eigenvalue weighted by Crippen LogP contribution is 2.04. The molecule has 1 N–H and O–H groups in total. The lowest BCUT2D eigenvalue weighted by molar-refractivity contribution is 0.495. The first-order valence-electron chi connectivity index (χ1n) is 5.92. The maximum absolute atomic E-state index is 4.43. The second kappa shape index (κ2) is 5.91. The van der Waals surface area contributed by atoms with E-state index in [-0.39, 0.29) is 0 Å². The maximum atomic E-state index is 4.43. The van der Waals surface area contributed by atoms with Gasteiger partial charge in [-0.05, 0) is 25.8 Å². The highest BCUT2D eigenvalue weighted by Gasteiger charge is 2.05. The molecule has 0 saturated heterocycles. The van der Waals surface area contributed by atoms with Crippen LogP contribution in [0.4, 0.5) is 0 Å². The van der Waals surface area contributed by atoms with E-state index in [1.807, 2.05) is 11.7 Å². The molecule has 0 bridgehead atoms. The lowest BCUT2D eigenvalue weighted by Crippen LogP contribution is -2.26. The summed E-state index contributed by atoms with van der Waals surface area (Å²) >= 11 is 0. The molecule has 1 atom stereocenters. The standard InChI is InChI=1S/C12H23N3/c1-5-7-10(3)13-9-12-8-11(6-2)14-15(12)4/h8,10,13H,5-7,9H2,1-4H3. The van der Waals surface area contributed by atoms with Crippen LogP contribution in [0.15, 0.2) is 6.07 Å². The highest BCUT2D eigenvalue weighted by molar-refractivity contribution is 5.09. The molecule has 0 amide bonds. The van der Waals surface area contributed by atoms with Gasteiger partial charge in [0.25, 0.3) is 0 Å². The summed E-state index contributed by atoms with van der Waals surface area (Å²) in [5, 5.41) is 7.95. The Balaban J connectivity index is 2.46. The molecule has 0 aliphatic rings. The van der Waals surface area contributed by atoms with E-state index in [4.69, 9.17) is 0 Å². The van der Waals surface area contributed by atoms with E-state index in [1.54, 1.807) is 0 Å². The van der Waals surface area contributed by atoms with Crippen LogP contribution in [0.2, 0.25) is 0 Å². The van der Waals surface area contributed by atoms with Crippen LogP contribution in [0.3, 0.4) is 0 Å². The van der Waals surface area contributed by atoms with E-state index in [0.717, 1.165) is 13.0 Å². The van der Waals surface area contributed by atoms with Gasteiger partial charge in [0.05, 0.1) is 11.4 Å². The number of aromatic nitrogens is 2. The fraction of sp³-hybridized carbons (Fsp3) is 0.750. The molecular formula is C12H23N3. The molecule has 0 aliphatic heterocycles. The van der Waals surface area contributed by atoms with Crippen molar-refractivity contribution >= 4 is 0 Å². The third-order valence-corrected chi connectivity index (χ3v) is 2.74. The molecule has 0 saturated carbocycles. The predicted octanol–water partition coefficient (Wildman–Crippen LogP) is 2.26. The third kappa shape index (κ3) is 3.67. The Labute approximate surface area is 92.9 Å². The maximum Gasteiger partial charge on any atom is 0.0625 e. The smallest absolute Gasteiger partial charge is 0.0625 e. The van der Waals surface area contributed by atoms with Crippen LogP contribution in [0.1, 0.15) is 45.0 Å². The molecule has 0 fully saturated rings. The number of hydrogen-bond donors (Lipinski definition) is 1. The molecule has 1 heterocycles. The molecule has 0 radical (unpaired) electrons. The van der Waals surface area contributed by atoms with Gasteiger partial charge in [-0.3, -0.25) is 4.68 Å². The summed E-state index contributed by atoms with van der Waals surface area (Å²) in [6, 6.07) is 2.78. The fourth-order valence-corrected chi connectivity index (χ4v) is 1.72. The van der Waals surface area contributed by atoms with Gasteiger partial charge in [-0.25, -0.2) is 0 Å². The summed E-state index contributed by atoms with van der Waals surface area (Å²) in [5.74, 6) is 0. The molecule has 0 aromatic carbocycles. The first-order chi connectivity index (χ1) is 7.17. The van der Waals surface area contributed by atoms with Crippen molar-refractivity contribution in [2.24, 2.45) is 7.05 Å². The zero-order chi connectivity index (χ0) is 11.3. The van der Waals surface area contributed by atoms with Crippen LogP contribution >= 0.6 is 0 Å². The van der Waals surface area contributed by atoms with Gasteiger partial charge in [0, 0.05) is 19.6 Å². The van der Waals surface area contributed by atoms with E-state index in [0.29, 0.717) is 6.04 Å². The molecule has 1 unspecified atom stereocenters. The van der Waals surface area contributed by atoms with Gasteiger partial charge in [-0.15, -0.1) is 0 Å². The number of aryl methyl sites for hydroxylation is 2. The molecule has 1 aromatic rings. The predicted molar refractivity (Wildman–Crippen MR) is 63.8 cm³/mol. The van der Waals surface area contributed by atoms with Gasteiger partial charge < -0.3 is 5.32 Å². The zero-order valence-electron chi connectivity index (χ0n) is 10.4. The normalized spacial score (nSPS) is 13.1. The van der Waals surface area contributed by atoms with Crippen LogP contribution in [0.5, 0.6) is 0 Å². The minimum absolute atomic E-state index is 0.593. The van der Waals surface area contributed by atoms with Gasteiger partial charge in [-0.1, -0.05) is 20.3 Å².